The van der Waals surface area contributed by atoms with Gasteiger partial charge in [-0.3, -0.25) is 19.5 Å². The summed E-state index contributed by atoms with van der Waals surface area (Å²) in [6.07, 6.45) is 5.31. The number of anilines is 1. The lowest BCUT2D eigenvalue weighted by Crippen LogP contribution is -2.26. The Labute approximate surface area is 167 Å². The molecule has 0 spiro atoms. The fraction of sp³-hybridized carbons (Fsp3) is 0.286. The number of aromatic nitrogens is 4. The van der Waals surface area contributed by atoms with Crippen LogP contribution in [0.15, 0.2) is 46.5 Å². The number of carbonyl (C=O) groups is 1. The summed E-state index contributed by atoms with van der Waals surface area (Å²) in [5.41, 5.74) is 3.62. The van der Waals surface area contributed by atoms with E-state index in [1.165, 1.54) is 17.8 Å². The monoisotopic (exact) mass is 390 g/mol. The Morgan fingerprint density at radius 1 is 1.28 bits per heavy atom. The smallest absolute Gasteiger partial charge is 0.260 e. The van der Waals surface area contributed by atoms with E-state index < -0.39 is 0 Å². The molecule has 1 aliphatic rings. The van der Waals surface area contributed by atoms with Gasteiger partial charge < -0.3 is 9.13 Å². The lowest BCUT2D eigenvalue weighted by Gasteiger charge is -2.09. The van der Waals surface area contributed by atoms with Crippen molar-refractivity contribution in [3.63, 3.8) is 0 Å². The average molecular weight is 390 g/mol. The van der Waals surface area contributed by atoms with Crippen LogP contribution in [0.2, 0.25) is 0 Å². The van der Waals surface area contributed by atoms with Crippen LogP contribution in [0.4, 0.5) is 5.95 Å². The topological polar surface area (TPSA) is 85.4 Å². The van der Waals surface area contributed by atoms with Gasteiger partial charge in [0.05, 0.1) is 28.6 Å². The minimum Gasteiger partial charge on any atom is -0.307 e. The molecule has 0 atom stereocenters. The third kappa shape index (κ3) is 2.97. The van der Waals surface area contributed by atoms with Crippen molar-refractivity contribution in [2.45, 2.75) is 20.4 Å². The number of aryl methyl sites for hydroxylation is 1. The van der Waals surface area contributed by atoms with Crippen molar-refractivity contribution in [1.82, 2.24) is 19.1 Å². The second kappa shape index (κ2) is 7.12. The normalized spacial score (nSPS) is 14.2. The molecule has 0 saturated heterocycles. The van der Waals surface area contributed by atoms with Crippen LogP contribution >= 0.6 is 0 Å². The molecule has 3 heterocycles. The zero-order chi connectivity index (χ0) is 20.7. The van der Waals surface area contributed by atoms with Crippen molar-refractivity contribution < 1.29 is 4.79 Å². The van der Waals surface area contributed by atoms with Crippen molar-refractivity contribution in [2.24, 2.45) is 12.0 Å². The maximum Gasteiger partial charge on any atom is 0.260 e. The molecule has 1 aliphatic heterocycles. The largest absolute Gasteiger partial charge is 0.307 e. The maximum absolute atomic E-state index is 12.6. The van der Waals surface area contributed by atoms with Crippen LogP contribution in [0, 0.1) is 0 Å². The van der Waals surface area contributed by atoms with Crippen molar-refractivity contribution in [3.8, 4) is 11.3 Å². The van der Waals surface area contributed by atoms with E-state index >= 15 is 0 Å². The first-order chi connectivity index (χ1) is 14.0. The van der Waals surface area contributed by atoms with Crippen LogP contribution in [0.5, 0.6) is 0 Å². The van der Waals surface area contributed by atoms with Gasteiger partial charge in [0.25, 0.3) is 5.56 Å². The van der Waals surface area contributed by atoms with Crippen LogP contribution < -0.4 is 10.5 Å². The van der Waals surface area contributed by atoms with E-state index in [2.05, 4.69) is 9.98 Å². The molecule has 0 radical (unpaired) electrons. The second-order valence-corrected chi connectivity index (χ2v) is 6.93. The molecular formula is C21H22N6O2. The van der Waals surface area contributed by atoms with Gasteiger partial charge >= 0.3 is 0 Å². The number of allylic oxidation sites excluding steroid dienone is 2. The Hall–Kier alpha value is -3.55. The number of fused-ring (bicyclic) bond motifs is 2. The summed E-state index contributed by atoms with van der Waals surface area (Å²) in [6, 6.07) is 5.62. The summed E-state index contributed by atoms with van der Waals surface area (Å²) in [7, 11) is 3.40. The van der Waals surface area contributed by atoms with E-state index in [-0.39, 0.29) is 11.5 Å². The van der Waals surface area contributed by atoms with Crippen molar-refractivity contribution in [1.29, 1.82) is 0 Å². The number of hydrogen-bond donors (Lipinski definition) is 0. The highest BCUT2D eigenvalue weighted by molar-refractivity contribution is 6.12. The molecule has 2 aromatic heterocycles. The Morgan fingerprint density at radius 2 is 2.07 bits per heavy atom. The summed E-state index contributed by atoms with van der Waals surface area (Å²) in [5.74, 6) is 0.553. The van der Waals surface area contributed by atoms with Crippen molar-refractivity contribution in [2.75, 3.05) is 18.5 Å². The number of hydrogen-bond acceptors (Lipinski definition) is 5. The molecule has 3 aromatic rings. The third-order valence-corrected chi connectivity index (χ3v) is 5.12. The zero-order valence-corrected chi connectivity index (χ0v) is 16.9. The molecule has 0 unspecified atom stereocenters. The lowest BCUT2D eigenvalue weighted by molar-refractivity contribution is -0.116. The average Bonchev–Trinajstić information content (AvgIpc) is 3.28. The van der Waals surface area contributed by atoms with E-state index in [4.69, 9.17) is 4.98 Å². The summed E-state index contributed by atoms with van der Waals surface area (Å²) in [4.78, 5) is 39.8. The van der Waals surface area contributed by atoms with Gasteiger partial charge in [0.15, 0.2) is 0 Å². The lowest BCUT2D eigenvalue weighted by atomic mass is 10.0. The maximum atomic E-state index is 12.6. The van der Waals surface area contributed by atoms with Gasteiger partial charge in [0.2, 0.25) is 11.9 Å². The Bertz CT molecular complexity index is 1250. The molecule has 0 saturated carbocycles. The van der Waals surface area contributed by atoms with Crippen LogP contribution in [-0.2, 0) is 18.4 Å². The molecule has 29 heavy (non-hydrogen) atoms. The predicted molar refractivity (Wildman–Crippen MR) is 114 cm³/mol. The van der Waals surface area contributed by atoms with Gasteiger partial charge in [0.1, 0.15) is 5.69 Å². The standard InChI is InChI=1S/C21H22N6O2/c1-5-6-17(22-3)18-19(27-10-9-26(13(2)28)21(27)24-18)14-7-8-16-15(11-14)20(29)25(4)12-23-16/h5-8,11-12H,9-10H2,1-4H3/b6-5-,22-17?. The van der Waals surface area contributed by atoms with E-state index in [1.54, 1.807) is 19.0 Å². The molecule has 4 rings (SSSR count). The fourth-order valence-electron chi connectivity index (χ4n) is 3.70. The van der Waals surface area contributed by atoms with Gasteiger partial charge in [0, 0.05) is 39.7 Å². The van der Waals surface area contributed by atoms with Crippen molar-refractivity contribution >= 4 is 28.5 Å². The van der Waals surface area contributed by atoms with Gasteiger partial charge in [-0.1, -0.05) is 12.1 Å². The SMILES string of the molecule is C/C=C\C(=NC)c1nc2n(c1-c1ccc3ncn(C)c(=O)c3c1)CCN2C(C)=O. The predicted octanol–water partition coefficient (Wildman–Crippen LogP) is 2.16. The zero-order valence-electron chi connectivity index (χ0n) is 16.9. The molecular weight excluding hydrogens is 368 g/mol. The van der Waals surface area contributed by atoms with Gasteiger partial charge in [-0.05, 0) is 25.1 Å². The molecule has 0 fully saturated rings. The van der Waals surface area contributed by atoms with Gasteiger partial charge in [-0.25, -0.2) is 9.97 Å². The minimum absolute atomic E-state index is 0.0514. The number of aliphatic imine (C=N–C) groups is 1. The molecule has 148 valence electrons. The summed E-state index contributed by atoms with van der Waals surface area (Å²) >= 11 is 0. The fourth-order valence-corrected chi connectivity index (χ4v) is 3.70. The highest BCUT2D eigenvalue weighted by Gasteiger charge is 2.31. The van der Waals surface area contributed by atoms with E-state index in [0.29, 0.717) is 41.3 Å². The first-order valence-electron chi connectivity index (χ1n) is 9.40. The number of rotatable bonds is 3. The van der Waals surface area contributed by atoms with Crippen LogP contribution in [0.1, 0.15) is 19.5 Å². The Balaban J connectivity index is 2.01. The molecule has 8 heteroatoms. The van der Waals surface area contributed by atoms with Gasteiger partial charge in [-0.2, -0.15) is 0 Å². The Morgan fingerprint density at radius 3 is 2.76 bits per heavy atom. The highest BCUT2D eigenvalue weighted by atomic mass is 16.2. The number of carbonyl (C=O) groups excluding carboxylic acids is 1. The van der Waals surface area contributed by atoms with Crippen molar-refractivity contribution in [3.05, 3.63) is 52.7 Å². The summed E-state index contributed by atoms with van der Waals surface area (Å²) in [6.45, 7) is 4.66. The molecule has 8 nitrogen and oxygen atoms in total. The highest BCUT2D eigenvalue weighted by Crippen LogP contribution is 2.34. The Kier molecular flexibility index (Phi) is 4.62. The van der Waals surface area contributed by atoms with Crippen LogP contribution in [0.25, 0.3) is 22.2 Å². The minimum atomic E-state index is -0.109. The first kappa shape index (κ1) is 18.8. The summed E-state index contributed by atoms with van der Waals surface area (Å²) < 4.78 is 3.48. The van der Waals surface area contributed by atoms with E-state index in [1.807, 2.05) is 41.8 Å². The number of benzene rings is 1. The number of amides is 1. The molecule has 0 bridgehead atoms. The first-order valence-corrected chi connectivity index (χ1v) is 9.40. The number of nitrogens with zero attached hydrogens (tertiary/aromatic N) is 6. The molecule has 0 N–H and O–H groups in total. The molecule has 1 amide bonds. The quantitative estimate of drug-likeness (QED) is 0.642. The third-order valence-electron chi connectivity index (χ3n) is 5.12. The van der Waals surface area contributed by atoms with E-state index in [0.717, 1.165) is 11.3 Å². The van der Waals surface area contributed by atoms with Crippen LogP contribution in [0.3, 0.4) is 0 Å². The number of imidazole rings is 1. The summed E-state index contributed by atoms with van der Waals surface area (Å²) in [5, 5.41) is 0.538. The molecule has 0 aliphatic carbocycles. The molecule has 1 aromatic carbocycles. The van der Waals surface area contributed by atoms with Gasteiger partial charge in [-0.15, -0.1) is 0 Å². The van der Waals surface area contributed by atoms with Crippen LogP contribution in [-0.4, -0.2) is 44.3 Å². The second-order valence-electron chi connectivity index (χ2n) is 6.93. The van der Waals surface area contributed by atoms with E-state index in [9.17, 15) is 9.59 Å².